The predicted octanol–water partition coefficient (Wildman–Crippen LogP) is 1.70. The number of hydrazine groups is 1. The van der Waals surface area contributed by atoms with Crippen LogP contribution < -0.4 is 21.9 Å². The summed E-state index contributed by atoms with van der Waals surface area (Å²) >= 11 is 1.34. The summed E-state index contributed by atoms with van der Waals surface area (Å²) in [5, 5.41) is 7.48. The van der Waals surface area contributed by atoms with E-state index in [1.165, 1.54) is 24.3 Å². The molecule has 0 saturated carbocycles. The number of aromatic nitrogens is 1. The first-order chi connectivity index (χ1) is 11.5. The standard InChI is InChI=1S/C15H18FN5O2S/c1-9(22)19-15-20-12(8-24-15)5-4-11-3-2-10(6-13(11)16)7-18-14(23)21-17/h2-3,6,8H,4-5,7,17H2,1H3,(H2,18,21,23)(H,19,20,22). The molecule has 1 aromatic heterocycles. The quantitative estimate of drug-likeness (QED) is 0.361. The summed E-state index contributed by atoms with van der Waals surface area (Å²) in [6.07, 6.45) is 1.06. The minimum atomic E-state index is -0.530. The summed E-state index contributed by atoms with van der Waals surface area (Å²) in [4.78, 5) is 26.2. The summed E-state index contributed by atoms with van der Waals surface area (Å²) in [7, 11) is 0. The van der Waals surface area contributed by atoms with Gasteiger partial charge in [0, 0.05) is 18.8 Å². The van der Waals surface area contributed by atoms with Crippen molar-refractivity contribution in [2.45, 2.75) is 26.3 Å². The maximum atomic E-state index is 14.1. The Balaban J connectivity index is 1.91. The first kappa shape index (κ1) is 17.8. The summed E-state index contributed by atoms with van der Waals surface area (Å²) in [6.45, 7) is 1.61. The number of aryl methyl sites for hydroxylation is 2. The average Bonchev–Trinajstić information content (AvgIpc) is 2.98. The van der Waals surface area contributed by atoms with Crippen molar-refractivity contribution >= 4 is 28.4 Å². The van der Waals surface area contributed by atoms with Crippen LogP contribution in [-0.2, 0) is 24.2 Å². The number of benzene rings is 1. The number of halogens is 1. The second-order valence-electron chi connectivity index (χ2n) is 5.08. The highest BCUT2D eigenvalue weighted by Crippen LogP contribution is 2.18. The molecule has 0 bridgehead atoms. The lowest BCUT2D eigenvalue weighted by Crippen LogP contribution is -2.39. The second-order valence-corrected chi connectivity index (χ2v) is 5.94. The van der Waals surface area contributed by atoms with Crippen molar-refractivity contribution in [3.05, 3.63) is 46.2 Å². The molecule has 2 aromatic rings. The average molecular weight is 351 g/mol. The number of rotatable bonds is 6. The summed E-state index contributed by atoms with van der Waals surface area (Å²) in [6, 6.07) is 4.29. The van der Waals surface area contributed by atoms with E-state index in [2.05, 4.69) is 15.6 Å². The number of anilines is 1. The fourth-order valence-electron chi connectivity index (χ4n) is 2.03. The number of nitrogens with one attached hydrogen (secondary N) is 3. The highest BCUT2D eigenvalue weighted by atomic mass is 32.1. The van der Waals surface area contributed by atoms with Crippen molar-refractivity contribution in [3.63, 3.8) is 0 Å². The fraction of sp³-hybridized carbons (Fsp3) is 0.267. The number of hydrogen-bond donors (Lipinski definition) is 4. The molecule has 0 unspecified atom stereocenters. The number of carbonyl (C=O) groups excluding carboxylic acids is 2. The highest BCUT2D eigenvalue weighted by Gasteiger charge is 2.08. The smallest absolute Gasteiger partial charge is 0.329 e. The lowest BCUT2D eigenvalue weighted by Gasteiger charge is -2.07. The van der Waals surface area contributed by atoms with Crippen molar-refractivity contribution in [3.8, 4) is 0 Å². The maximum absolute atomic E-state index is 14.1. The van der Waals surface area contributed by atoms with E-state index < -0.39 is 6.03 Å². The molecule has 0 aliphatic heterocycles. The van der Waals surface area contributed by atoms with Crippen molar-refractivity contribution in [2.24, 2.45) is 5.84 Å². The number of urea groups is 1. The van der Waals surface area contributed by atoms with Gasteiger partial charge in [0.25, 0.3) is 0 Å². The predicted molar refractivity (Wildman–Crippen MR) is 89.8 cm³/mol. The number of nitrogens with zero attached hydrogens (tertiary/aromatic N) is 1. The largest absolute Gasteiger partial charge is 0.333 e. The van der Waals surface area contributed by atoms with Gasteiger partial charge in [-0.25, -0.2) is 20.0 Å². The number of nitrogens with two attached hydrogens (primary N) is 1. The molecular weight excluding hydrogens is 333 g/mol. The normalized spacial score (nSPS) is 10.3. The Hall–Kier alpha value is -2.52. The van der Waals surface area contributed by atoms with Crippen LogP contribution in [0.15, 0.2) is 23.6 Å². The van der Waals surface area contributed by atoms with Crippen LogP contribution in [0, 0.1) is 5.82 Å². The summed E-state index contributed by atoms with van der Waals surface area (Å²) < 4.78 is 14.1. The van der Waals surface area contributed by atoms with Crippen molar-refractivity contribution < 1.29 is 14.0 Å². The van der Waals surface area contributed by atoms with Crippen LogP contribution in [-0.4, -0.2) is 16.9 Å². The van der Waals surface area contributed by atoms with Gasteiger partial charge in [0.2, 0.25) is 5.91 Å². The van der Waals surface area contributed by atoms with E-state index in [1.54, 1.807) is 12.1 Å². The van der Waals surface area contributed by atoms with Crippen molar-refractivity contribution in [2.75, 3.05) is 5.32 Å². The van der Waals surface area contributed by atoms with Crippen molar-refractivity contribution in [1.29, 1.82) is 0 Å². The zero-order valence-corrected chi connectivity index (χ0v) is 13.9. The molecule has 0 atom stereocenters. The summed E-state index contributed by atoms with van der Waals surface area (Å²) in [5.74, 6) is 4.44. The van der Waals surface area contributed by atoms with Gasteiger partial charge in [0.1, 0.15) is 5.82 Å². The third kappa shape index (κ3) is 5.28. The number of amides is 3. The molecule has 1 aromatic carbocycles. The van der Waals surface area contributed by atoms with E-state index in [4.69, 9.17) is 5.84 Å². The van der Waals surface area contributed by atoms with Crippen LogP contribution in [0.3, 0.4) is 0 Å². The Morgan fingerprint density at radius 3 is 2.79 bits per heavy atom. The molecule has 5 N–H and O–H groups in total. The minimum absolute atomic E-state index is 0.172. The molecule has 1 heterocycles. The van der Waals surface area contributed by atoms with E-state index in [0.717, 1.165) is 5.69 Å². The fourth-order valence-corrected chi connectivity index (χ4v) is 2.82. The molecular formula is C15H18FN5O2S. The maximum Gasteiger partial charge on any atom is 0.329 e. The SMILES string of the molecule is CC(=O)Nc1nc(CCc2ccc(CNC(=O)NN)cc2F)cs1. The van der Waals surface area contributed by atoms with Crippen LogP contribution >= 0.6 is 11.3 Å². The topological polar surface area (TPSA) is 109 Å². The van der Waals surface area contributed by atoms with Gasteiger partial charge in [-0.05, 0) is 30.0 Å². The van der Waals surface area contributed by atoms with Gasteiger partial charge in [-0.3, -0.25) is 10.2 Å². The summed E-state index contributed by atoms with van der Waals surface area (Å²) in [5.41, 5.74) is 3.94. The third-order valence-electron chi connectivity index (χ3n) is 3.19. The van der Waals surface area contributed by atoms with E-state index in [-0.39, 0.29) is 18.3 Å². The van der Waals surface area contributed by atoms with Gasteiger partial charge in [-0.2, -0.15) is 0 Å². The molecule has 0 aliphatic rings. The van der Waals surface area contributed by atoms with Gasteiger partial charge < -0.3 is 10.6 Å². The van der Waals surface area contributed by atoms with Gasteiger partial charge in [0.15, 0.2) is 5.13 Å². The Labute approximate surface area is 142 Å². The van der Waals surface area contributed by atoms with Gasteiger partial charge in [-0.15, -0.1) is 11.3 Å². The highest BCUT2D eigenvalue weighted by molar-refractivity contribution is 7.13. The Kier molecular flexibility index (Phi) is 6.21. The number of carbonyl (C=O) groups is 2. The molecule has 0 aliphatic carbocycles. The first-order valence-corrected chi connectivity index (χ1v) is 8.09. The van der Waals surface area contributed by atoms with Gasteiger partial charge in [-0.1, -0.05) is 12.1 Å². The molecule has 0 fully saturated rings. The van der Waals surface area contributed by atoms with E-state index in [1.807, 2.05) is 10.8 Å². The molecule has 2 rings (SSSR count). The molecule has 3 amide bonds. The number of thiazole rings is 1. The van der Waals surface area contributed by atoms with E-state index in [9.17, 15) is 14.0 Å². The molecule has 0 saturated heterocycles. The van der Waals surface area contributed by atoms with Gasteiger partial charge in [0.05, 0.1) is 5.69 Å². The van der Waals surface area contributed by atoms with Gasteiger partial charge >= 0.3 is 6.03 Å². The Bertz CT molecular complexity index is 734. The zero-order valence-electron chi connectivity index (χ0n) is 13.1. The lowest BCUT2D eigenvalue weighted by atomic mass is 10.1. The zero-order chi connectivity index (χ0) is 17.5. The van der Waals surface area contributed by atoms with Crippen LogP contribution in [0.5, 0.6) is 0 Å². The number of hydrogen-bond acceptors (Lipinski definition) is 5. The minimum Gasteiger partial charge on any atom is -0.333 e. The van der Waals surface area contributed by atoms with E-state index >= 15 is 0 Å². The van der Waals surface area contributed by atoms with Crippen LogP contribution in [0.1, 0.15) is 23.7 Å². The monoisotopic (exact) mass is 351 g/mol. The van der Waals surface area contributed by atoms with Crippen LogP contribution in [0.4, 0.5) is 14.3 Å². The first-order valence-electron chi connectivity index (χ1n) is 7.21. The Morgan fingerprint density at radius 1 is 1.33 bits per heavy atom. The molecule has 128 valence electrons. The molecule has 7 nitrogen and oxygen atoms in total. The van der Waals surface area contributed by atoms with Crippen LogP contribution in [0.2, 0.25) is 0 Å². The molecule has 9 heteroatoms. The lowest BCUT2D eigenvalue weighted by molar-refractivity contribution is -0.114. The molecule has 0 radical (unpaired) electrons. The Morgan fingerprint density at radius 2 is 2.12 bits per heavy atom. The van der Waals surface area contributed by atoms with Crippen LogP contribution in [0.25, 0.3) is 0 Å². The third-order valence-corrected chi connectivity index (χ3v) is 3.99. The van der Waals surface area contributed by atoms with Crippen molar-refractivity contribution in [1.82, 2.24) is 15.7 Å². The second kappa shape index (κ2) is 8.37. The molecule has 24 heavy (non-hydrogen) atoms. The van der Waals surface area contributed by atoms with E-state index in [0.29, 0.717) is 29.1 Å². The molecule has 0 spiro atoms.